The van der Waals surface area contributed by atoms with E-state index >= 15 is 0 Å². The maximum atomic E-state index is 12.7. The van der Waals surface area contributed by atoms with Crippen LogP contribution in [0, 0.1) is 10.1 Å². The molecule has 10 heteroatoms. The van der Waals surface area contributed by atoms with Crippen LogP contribution < -0.4 is 5.32 Å². The third kappa shape index (κ3) is 4.67. The quantitative estimate of drug-likeness (QED) is 0.638. The van der Waals surface area contributed by atoms with Gasteiger partial charge in [-0.15, -0.1) is 0 Å². The second kappa shape index (κ2) is 6.96. The number of hydrogen-bond acceptors (Lipinski definition) is 5. The molecule has 1 N–H and O–H groups in total. The second-order valence-electron chi connectivity index (χ2n) is 6.83. The lowest BCUT2D eigenvalue weighted by Crippen LogP contribution is -2.55. The number of rotatable bonds is 3. The molecule has 0 unspecified atom stereocenters. The van der Waals surface area contributed by atoms with Gasteiger partial charge in [0.15, 0.2) is 0 Å². The molecule has 2 rings (SSSR count). The molecule has 0 spiro atoms. The largest absolute Gasteiger partial charge is 0.333 e. The van der Waals surface area contributed by atoms with E-state index in [-0.39, 0.29) is 48.3 Å². The van der Waals surface area contributed by atoms with Gasteiger partial charge in [-0.3, -0.25) is 10.1 Å². The average molecular weight is 370 g/mol. The highest BCUT2D eigenvalue weighted by atomic mass is 32.2. The summed E-state index contributed by atoms with van der Waals surface area (Å²) in [5, 5.41) is 13.7. The summed E-state index contributed by atoms with van der Waals surface area (Å²) in [6.45, 7) is 6.41. The van der Waals surface area contributed by atoms with E-state index in [4.69, 9.17) is 0 Å². The van der Waals surface area contributed by atoms with Crippen molar-refractivity contribution in [2.24, 2.45) is 0 Å². The Morgan fingerprint density at radius 3 is 2.32 bits per heavy atom. The molecule has 1 aliphatic heterocycles. The highest BCUT2D eigenvalue weighted by Crippen LogP contribution is 2.22. The van der Waals surface area contributed by atoms with Gasteiger partial charge in [0.2, 0.25) is 10.0 Å². The van der Waals surface area contributed by atoms with E-state index < -0.39 is 14.9 Å². The van der Waals surface area contributed by atoms with Crippen molar-refractivity contribution in [3.8, 4) is 0 Å². The Balaban J connectivity index is 2.08. The van der Waals surface area contributed by atoms with Crippen LogP contribution in [0.2, 0.25) is 0 Å². The zero-order valence-electron chi connectivity index (χ0n) is 14.4. The lowest BCUT2D eigenvalue weighted by molar-refractivity contribution is -0.385. The number of nitro groups is 1. The van der Waals surface area contributed by atoms with Crippen LogP contribution in [-0.4, -0.2) is 60.3 Å². The summed E-state index contributed by atoms with van der Waals surface area (Å²) >= 11 is 0. The Morgan fingerprint density at radius 2 is 1.80 bits per heavy atom. The van der Waals surface area contributed by atoms with Crippen molar-refractivity contribution in [2.75, 3.05) is 26.2 Å². The molecular weight excluding hydrogens is 348 g/mol. The van der Waals surface area contributed by atoms with Crippen LogP contribution in [0.15, 0.2) is 29.2 Å². The first-order valence-corrected chi connectivity index (χ1v) is 9.26. The van der Waals surface area contributed by atoms with Crippen LogP contribution in [0.25, 0.3) is 0 Å². The molecule has 1 fully saturated rings. The first-order valence-electron chi connectivity index (χ1n) is 7.82. The molecule has 0 bridgehead atoms. The summed E-state index contributed by atoms with van der Waals surface area (Å²) in [6.07, 6.45) is 0. The maximum Gasteiger partial charge on any atom is 0.317 e. The number of carbonyl (C=O) groups is 1. The van der Waals surface area contributed by atoms with E-state index in [1.807, 2.05) is 20.8 Å². The predicted molar refractivity (Wildman–Crippen MR) is 91.7 cm³/mol. The Hall–Kier alpha value is -2.20. The van der Waals surface area contributed by atoms with Gasteiger partial charge in [-0.1, -0.05) is 6.07 Å². The topological polar surface area (TPSA) is 113 Å². The van der Waals surface area contributed by atoms with Gasteiger partial charge in [0.25, 0.3) is 5.69 Å². The second-order valence-corrected chi connectivity index (χ2v) is 8.76. The number of benzene rings is 1. The summed E-state index contributed by atoms with van der Waals surface area (Å²) in [5.74, 6) is 0. The molecule has 1 aromatic carbocycles. The van der Waals surface area contributed by atoms with Gasteiger partial charge in [0.1, 0.15) is 0 Å². The zero-order valence-corrected chi connectivity index (χ0v) is 15.2. The summed E-state index contributed by atoms with van der Waals surface area (Å²) in [5.41, 5.74) is -0.646. The number of amides is 2. The summed E-state index contributed by atoms with van der Waals surface area (Å²) < 4.78 is 26.5. The fraction of sp³-hybridized carbons (Fsp3) is 0.533. The van der Waals surface area contributed by atoms with Crippen LogP contribution in [-0.2, 0) is 10.0 Å². The molecule has 2 amide bonds. The smallest absolute Gasteiger partial charge is 0.317 e. The molecule has 0 aromatic heterocycles. The van der Waals surface area contributed by atoms with Crippen LogP contribution >= 0.6 is 0 Å². The first-order chi connectivity index (χ1) is 11.5. The summed E-state index contributed by atoms with van der Waals surface area (Å²) in [4.78, 5) is 23.8. The summed E-state index contributed by atoms with van der Waals surface area (Å²) in [7, 11) is -3.83. The van der Waals surface area contributed by atoms with Crippen molar-refractivity contribution in [1.29, 1.82) is 0 Å². The molecule has 1 saturated heterocycles. The number of sulfonamides is 1. The number of nitrogens with zero attached hydrogens (tertiary/aromatic N) is 3. The number of carbonyl (C=O) groups excluding carboxylic acids is 1. The highest BCUT2D eigenvalue weighted by molar-refractivity contribution is 7.89. The Morgan fingerprint density at radius 1 is 1.20 bits per heavy atom. The zero-order chi connectivity index (χ0) is 18.8. The van der Waals surface area contributed by atoms with Crippen LogP contribution in [0.3, 0.4) is 0 Å². The van der Waals surface area contributed by atoms with Crippen LogP contribution in [0.1, 0.15) is 20.8 Å². The highest BCUT2D eigenvalue weighted by Gasteiger charge is 2.31. The number of nitrogens with one attached hydrogen (secondary N) is 1. The number of hydrogen-bond donors (Lipinski definition) is 1. The Labute approximate surface area is 146 Å². The van der Waals surface area contributed by atoms with E-state index in [1.165, 1.54) is 22.5 Å². The van der Waals surface area contributed by atoms with E-state index in [0.29, 0.717) is 0 Å². The van der Waals surface area contributed by atoms with Gasteiger partial charge in [-0.05, 0) is 26.8 Å². The molecule has 9 nitrogen and oxygen atoms in total. The lowest BCUT2D eigenvalue weighted by Gasteiger charge is -2.35. The molecule has 0 saturated carbocycles. The Kier molecular flexibility index (Phi) is 5.33. The minimum Gasteiger partial charge on any atom is -0.333 e. The van der Waals surface area contributed by atoms with E-state index in [1.54, 1.807) is 4.90 Å². The molecule has 0 radical (unpaired) electrons. The van der Waals surface area contributed by atoms with Gasteiger partial charge >= 0.3 is 6.03 Å². The predicted octanol–water partition coefficient (Wildman–Crippen LogP) is 1.41. The normalized spacial score (nSPS) is 16.5. The number of piperazine rings is 1. The van der Waals surface area contributed by atoms with E-state index in [9.17, 15) is 23.3 Å². The Bertz CT molecular complexity index is 764. The molecule has 0 atom stereocenters. The van der Waals surface area contributed by atoms with Crippen molar-refractivity contribution in [2.45, 2.75) is 31.2 Å². The SMILES string of the molecule is CC(C)(C)NC(=O)N1CCN(S(=O)(=O)c2cccc([N+](=O)[O-])c2)CC1. The average Bonchev–Trinajstić information content (AvgIpc) is 2.53. The van der Waals surface area contributed by atoms with Crippen LogP contribution in [0.4, 0.5) is 10.5 Å². The number of urea groups is 1. The standard InChI is InChI=1S/C15H22N4O5S/c1-15(2,3)16-14(20)17-7-9-18(10-8-17)25(23,24)13-6-4-5-12(11-13)19(21)22/h4-6,11H,7-10H2,1-3H3,(H,16,20). The maximum absolute atomic E-state index is 12.7. The lowest BCUT2D eigenvalue weighted by atomic mass is 10.1. The van der Waals surface area contributed by atoms with Crippen molar-refractivity contribution in [3.05, 3.63) is 34.4 Å². The van der Waals surface area contributed by atoms with E-state index in [2.05, 4.69) is 5.32 Å². The van der Waals surface area contributed by atoms with Crippen LogP contribution in [0.5, 0.6) is 0 Å². The minimum absolute atomic E-state index is 0.116. The van der Waals surface area contributed by atoms with Gasteiger partial charge in [-0.25, -0.2) is 13.2 Å². The molecule has 1 aromatic rings. The first kappa shape index (κ1) is 19.1. The van der Waals surface area contributed by atoms with Crippen molar-refractivity contribution >= 4 is 21.7 Å². The molecule has 138 valence electrons. The van der Waals surface area contributed by atoms with Gasteiger partial charge in [0, 0.05) is 43.9 Å². The monoisotopic (exact) mass is 370 g/mol. The van der Waals surface area contributed by atoms with Crippen molar-refractivity contribution in [3.63, 3.8) is 0 Å². The molecule has 1 heterocycles. The third-order valence-electron chi connectivity index (χ3n) is 3.67. The third-order valence-corrected chi connectivity index (χ3v) is 5.57. The van der Waals surface area contributed by atoms with Crippen molar-refractivity contribution < 1.29 is 18.1 Å². The van der Waals surface area contributed by atoms with Gasteiger partial charge < -0.3 is 10.2 Å². The minimum atomic E-state index is -3.83. The molecule has 0 aliphatic carbocycles. The molecule has 1 aliphatic rings. The van der Waals surface area contributed by atoms with E-state index in [0.717, 1.165) is 6.07 Å². The fourth-order valence-electron chi connectivity index (χ4n) is 2.44. The fourth-order valence-corrected chi connectivity index (χ4v) is 3.90. The number of nitro benzene ring substituents is 1. The molecule has 25 heavy (non-hydrogen) atoms. The van der Waals surface area contributed by atoms with Gasteiger partial charge in [0.05, 0.1) is 9.82 Å². The van der Waals surface area contributed by atoms with Crippen molar-refractivity contribution in [1.82, 2.24) is 14.5 Å². The van der Waals surface area contributed by atoms with Gasteiger partial charge in [-0.2, -0.15) is 4.31 Å². The molecular formula is C15H22N4O5S. The number of non-ortho nitro benzene ring substituents is 1. The summed E-state index contributed by atoms with van der Waals surface area (Å²) in [6, 6.07) is 4.74.